The molecule has 8 heteroatoms. The molecule has 0 spiro atoms. The minimum atomic E-state index is -1.18. The summed E-state index contributed by atoms with van der Waals surface area (Å²) in [5.41, 5.74) is -0.692. The molecule has 0 saturated carbocycles. The molecule has 0 aliphatic rings. The van der Waals surface area contributed by atoms with Gasteiger partial charge in [-0.3, -0.25) is 4.79 Å². The highest BCUT2D eigenvalue weighted by Gasteiger charge is 2.28. The number of hydrogen-bond donors (Lipinski definition) is 3. The van der Waals surface area contributed by atoms with E-state index in [1.807, 2.05) is 13.8 Å². The summed E-state index contributed by atoms with van der Waals surface area (Å²) in [5.74, 6) is -1.23. The van der Waals surface area contributed by atoms with Crippen LogP contribution in [0.25, 0.3) is 0 Å². The van der Waals surface area contributed by atoms with Crippen molar-refractivity contribution >= 4 is 18.0 Å². The van der Waals surface area contributed by atoms with Gasteiger partial charge in [0.05, 0.1) is 13.7 Å². The molecule has 134 valence electrons. The highest BCUT2D eigenvalue weighted by atomic mass is 16.6. The van der Waals surface area contributed by atoms with E-state index >= 15 is 0 Å². The second-order valence-electron chi connectivity index (χ2n) is 6.60. The molecule has 0 aliphatic carbocycles. The lowest BCUT2D eigenvalue weighted by molar-refractivity contribution is -0.146. The summed E-state index contributed by atoms with van der Waals surface area (Å²) in [6.07, 6.45) is -0.373. The maximum absolute atomic E-state index is 12.3. The first kappa shape index (κ1) is 21.2. The van der Waals surface area contributed by atoms with E-state index in [4.69, 9.17) is 9.84 Å². The van der Waals surface area contributed by atoms with E-state index in [9.17, 15) is 14.4 Å². The molecule has 0 radical (unpaired) electrons. The highest BCUT2D eigenvalue weighted by Crippen LogP contribution is 2.10. The Bertz CT molecular complexity index is 417. The van der Waals surface area contributed by atoms with Crippen molar-refractivity contribution in [2.75, 3.05) is 13.7 Å². The van der Waals surface area contributed by atoms with Crippen LogP contribution in [-0.4, -0.2) is 54.5 Å². The number of aliphatic hydroxyl groups is 1. The molecule has 0 aromatic heterocycles. The third-order valence-corrected chi connectivity index (χ3v) is 2.70. The monoisotopic (exact) mass is 332 g/mol. The number of rotatable bonds is 7. The van der Waals surface area contributed by atoms with Gasteiger partial charge in [-0.25, -0.2) is 9.59 Å². The molecule has 0 unspecified atom stereocenters. The highest BCUT2D eigenvalue weighted by molar-refractivity contribution is 5.89. The van der Waals surface area contributed by atoms with E-state index in [1.165, 1.54) is 0 Å². The zero-order chi connectivity index (χ0) is 18.2. The summed E-state index contributed by atoms with van der Waals surface area (Å²) in [7, 11) is 1.15. The van der Waals surface area contributed by atoms with Crippen molar-refractivity contribution in [3.05, 3.63) is 0 Å². The summed E-state index contributed by atoms with van der Waals surface area (Å²) in [6.45, 7) is 8.32. The molecule has 0 saturated heterocycles. The summed E-state index contributed by atoms with van der Waals surface area (Å²) >= 11 is 0. The number of aliphatic hydroxyl groups excluding tert-OH is 1. The Labute approximate surface area is 136 Å². The average Bonchev–Trinajstić information content (AvgIpc) is 2.40. The zero-order valence-corrected chi connectivity index (χ0v) is 14.6. The Kier molecular flexibility index (Phi) is 8.60. The molecule has 23 heavy (non-hydrogen) atoms. The van der Waals surface area contributed by atoms with Crippen molar-refractivity contribution in [3.63, 3.8) is 0 Å². The van der Waals surface area contributed by atoms with E-state index in [0.29, 0.717) is 6.42 Å². The lowest BCUT2D eigenvalue weighted by Crippen LogP contribution is -2.53. The Morgan fingerprint density at radius 2 is 1.65 bits per heavy atom. The normalized spacial score (nSPS) is 13.9. The fraction of sp³-hybridized carbons (Fsp3) is 0.800. The van der Waals surface area contributed by atoms with Gasteiger partial charge in [0.2, 0.25) is 5.91 Å². The fourth-order valence-electron chi connectivity index (χ4n) is 1.75. The van der Waals surface area contributed by atoms with Crippen molar-refractivity contribution in [1.82, 2.24) is 10.6 Å². The van der Waals surface area contributed by atoms with Crippen LogP contribution in [-0.2, 0) is 19.1 Å². The first-order chi connectivity index (χ1) is 10.5. The molecule has 2 atom stereocenters. The van der Waals surface area contributed by atoms with Crippen LogP contribution in [0, 0.1) is 5.92 Å². The number of nitrogens with one attached hydrogen (secondary N) is 2. The molecule has 0 aromatic carbocycles. The van der Waals surface area contributed by atoms with Gasteiger partial charge in [-0.15, -0.1) is 0 Å². The van der Waals surface area contributed by atoms with E-state index < -0.39 is 42.3 Å². The van der Waals surface area contributed by atoms with Gasteiger partial charge in [0, 0.05) is 0 Å². The summed E-state index contributed by atoms with van der Waals surface area (Å²) in [4.78, 5) is 35.5. The number of alkyl carbamates (subject to hydrolysis) is 1. The van der Waals surface area contributed by atoms with Crippen LogP contribution in [0.5, 0.6) is 0 Å². The van der Waals surface area contributed by atoms with Gasteiger partial charge in [-0.2, -0.15) is 0 Å². The standard InChI is InChI=1S/C15H28N2O6/c1-9(2)7-10(17-14(21)23-15(3,4)5)12(19)16-11(8-18)13(20)22-6/h9-11,18H,7-8H2,1-6H3,(H,16,19)(H,17,21)/t10-,11-/m0/s1. The SMILES string of the molecule is COC(=O)[C@H](CO)NC(=O)[C@H](CC(C)C)NC(=O)OC(C)(C)C. The fourth-order valence-corrected chi connectivity index (χ4v) is 1.75. The number of methoxy groups -OCH3 is 1. The Morgan fingerprint density at radius 3 is 2.04 bits per heavy atom. The van der Waals surface area contributed by atoms with Crippen molar-refractivity contribution in [3.8, 4) is 0 Å². The van der Waals surface area contributed by atoms with E-state index in [2.05, 4.69) is 15.4 Å². The minimum absolute atomic E-state index is 0.117. The molecule has 8 nitrogen and oxygen atoms in total. The van der Waals surface area contributed by atoms with E-state index in [-0.39, 0.29) is 5.92 Å². The van der Waals surface area contributed by atoms with Crippen molar-refractivity contribution in [2.24, 2.45) is 5.92 Å². The second kappa shape index (κ2) is 9.34. The van der Waals surface area contributed by atoms with Crippen LogP contribution in [0.15, 0.2) is 0 Å². The predicted molar refractivity (Wildman–Crippen MR) is 83.6 cm³/mol. The van der Waals surface area contributed by atoms with Gasteiger partial charge in [-0.05, 0) is 33.1 Å². The molecule has 0 bridgehead atoms. The lowest BCUT2D eigenvalue weighted by atomic mass is 10.0. The average molecular weight is 332 g/mol. The molecule has 0 rings (SSSR count). The van der Waals surface area contributed by atoms with Gasteiger partial charge < -0.3 is 25.2 Å². The second-order valence-corrected chi connectivity index (χ2v) is 6.60. The Morgan fingerprint density at radius 1 is 1.09 bits per heavy atom. The largest absolute Gasteiger partial charge is 0.467 e. The van der Waals surface area contributed by atoms with Crippen LogP contribution < -0.4 is 10.6 Å². The number of carbonyl (C=O) groups is 3. The zero-order valence-electron chi connectivity index (χ0n) is 14.6. The molecule has 2 amide bonds. The van der Waals surface area contributed by atoms with Crippen molar-refractivity contribution in [1.29, 1.82) is 0 Å². The number of hydrogen-bond acceptors (Lipinski definition) is 6. The molecule has 0 aliphatic heterocycles. The van der Waals surface area contributed by atoms with Crippen molar-refractivity contribution in [2.45, 2.75) is 58.7 Å². The first-order valence-corrected chi connectivity index (χ1v) is 7.48. The number of ether oxygens (including phenoxy) is 2. The van der Waals surface area contributed by atoms with Gasteiger partial charge >= 0.3 is 12.1 Å². The minimum Gasteiger partial charge on any atom is -0.467 e. The first-order valence-electron chi connectivity index (χ1n) is 7.48. The molecule has 3 N–H and O–H groups in total. The lowest BCUT2D eigenvalue weighted by Gasteiger charge is -2.25. The number of esters is 1. The Hall–Kier alpha value is -1.83. The van der Waals surface area contributed by atoms with E-state index in [1.54, 1.807) is 20.8 Å². The summed E-state index contributed by atoms with van der Waals surface area (Å²) in [6, 6.07) is -2.06. The molecule has 0 aromatic rings. The molecular weight excluding hydrogens is 304 g/mol. The van der Waals surface area contributed by atoms with Gasteiger partial charge in [0.15, 0.2) is 6.04 Å². The predicted octanol–water partition coefficient (Wildman–Crippen LogP) is 0.576. The Balaban J connectivity index is 4.91. The summed E-state index contributed by atoms with van der Waals surface area (Å²) in [5, 5.41) is 14.0. The van der Waals surface area contributed by atoms with E-state index in [0.717, 1.165) is 7.11 Å². The third kappa shape index (κ3) is 9.02. The molecule has 0 fully saturated rings. The molecular formula is C15H28N2O6. The van der Waals surface area contributed by atoms with Crippen LogP contribution in [0.2, 0.25) is 0 Å². The van der Waals surface area contributed by atoms with Crippen molar-refractivity contribution < 1.29 is 29.0 Å². The van der Waals surface area contributed by atoms with Gasteiger partial charge in [0.1, 0.15) is 11.6 Å². The smallest absolute Gasteiger partial charge is 0.408 e. The van der Waals surface area contributed by atoms with Crippen LogP contribution in [0.1, 0.15) is 41.0 Å². The third-order valence-electron chi connectivity index (χ3n) is 2.70. The maximum Gasteiger partial charge on any atom is 0.408 e. The topological polar surface area (TPSA) is 114 Å². The number of carbonyl (C=O) groups excluding carboxylic acids is 3. The van der Waals surface area contributed by atoms with Crippen LogP contribution in [0.4, 0.5) is 4.79 Å². The van der Waals surface area contributed by atoms with Crippen LogP contribution in [0.3, 0.4) is 0 Å². The summed E-state index contributed by atoms with van der Waals surface area (Å²) < 4.78 is 9.62. The quantitative estimate of drug-likeness (QED) is 0.588. The molecule has 0 heterocycles. The number of amides is 2. The van der Waals surface area contributed by atoms with Gasteiger partial charge in [0.25, 0.3) is 0 Å². The maximum atomic E-state index is 12.3. The van der Waals surface area contributed by atoms with Crippen LogP contribution >= 0.6 is 0 Å². The van der Waals surface area contributed by atoms with Gasteiger partial charge in [-0.1, -0.05) is 13.8 Å².